The molecule has 1 saturated heterocycles. The minimum Gasteiger partial charge on any atom is -0.473 e. The highest BCUT2D eigenvalue weighted by atomic mass is 16.5. The standard InChI is InChI=1S/C16H17N3O3/c1-9-5-12(10(2)20)14-13(6-9)17-16-15(18-14)19-3-4-21-7-11(19)8-22-16/h5-6,11H,3-4,7-8H2,1-2H3/t11-/m0/s1. The largest absolute Gasteiger partial charge is 0.473 e. The number of anilines is 1. The topological polar surface area (TPSA) is 64.6 Å². The first kappa shape index (κ1) is 13.5. The first-order valence-electron chi connectivity index (χ1n) is 7.44. The van der Waals surface area contributed by atoms with E-state index in [4.69, 9.17) is 14.5 Å². The van der Waals surface area contributed by atoms with Crippen LogP contribution in [-0.4, -0.2) is 48.2 Å². The second kappa shape index (κ2) is 4.91. The molecule has 0 radical (unpaired) electrons. The molecule has 6 heteroatoms. The number of carbonyl (C=O) groups excluding carboxylic acids is 1. The van der Waals surface area contributed by atoms with E-state index in [0.29, 0.717) is 42.3 Å². The number of Topliss-reactive ketones (excluding diaryl/α,β-unsaturated/α-hetero) is 1. The van der Waals surface area contributed by atoms with Gasteiger partial charge in [0.25, 0.3) is 5.88 Å². The fourth-order valence-corrected chi connectivity index (χ4v) is 3.07. The van der Waals surface area contributed by atoms with Crippen LogP contribution in [0.2, 0.25) is 0 Å². The van der Waals surface area contributed by atoms with Crippen molar-refractivity contribution in [2.75, 3.05) is 31.3 Å². The molecule has 2 aliphatic rings. The van der Waals surface area contributed by atoms with Crippen LogP contribution in [0.25, 0.3) is 11.0 Å². The van der Waals surface area contributed by atoms with Gasteiger partial charge in [-0.15, -0.1) is 0 Å². The Morgan fingerprint density at radius 3 is 3.00 bits per heavy atom. The summed E-state index contributed by atoms with van der Waals surface area (Å²) in [7, 11) is 0. The summed E-state index contributed by atoms with van der Waals surface area (Å²) in [6.07, 6.45) is 0. The number of benzene rings is 1. The second-order valence-electron chi connectivity index (χ2n) is 5.82. The number of hydrogen-bond acceptors (Lipinski definition) is 6. The van der Waals surface area contributed by atoms with Gasteiger partial charge in [-0.1, -0.05) is 0 Å². The van der Waals surface area contributed by atoms with Crippen molar-refractivity contribution in [3.8, 4) is 5.88 Å². The number of hydrogen-bond donors (Lipinski definition) is 0. The molecule has 0 amide bonds. The van der Waals surface area contributed by atoms with E-state index in [-0.39, 0.29) is 11.8 Å². The minimum atomic E-state index is -0.00166. The van der Waals surface area contributed by atoms with Crippen LogP contribution in [0.3, 0.4) is 0 Å². The molecule has 1 aromatic carbocycles. The zero-order valence-electron chi connectivity index (χ0n) is 12.6. The Morgan fingerprint density at radius 2 is 2.18 bits per heavy atom. The molecule has 1 aromatic heterocycles. The van der Waals surface area contributed by atoms with E-state index >= 15 is 0 Å². The zero-order valence-corrected chi connectivity index (χ0v) is 12.6. The normalized spacial score (nSPS) is 20.3. The lowest BCUT2D eigenvalue weighted by Crippen LogP contribution is -2.51. The van der Waals surface area contributed by atoms with E-state index in [1.165, 1.54) is 0 Å². The number of morpholine rings is 1. The van der Waals surface area contributed by atoms with Crippen LogP contribution in [-0.2, 0) is 4.74 Å². The quantitative estimate of drug-likeness (QED) is 0.747. The van der Waals surface area contributed by atoms with Crippen LogP contribution in [0.5, 0.6) is 5.88 Å². The van der Waals surface area contributed by atoms with Crippen LogP contribution < -0.4 is 9.64 Å². The molecule has 2 aromatic rings. The number of ketones is 1. The van der Waals surface area contributed by atoms with Crippen molar-refractivity contribution in [1.29, 1.82) is 0 Å². The summed E-state index contributed by atoms with van der Waals surface area (Å²) in [6.45, 7) is 6.13. The highest BCUT2D eigenvalue weighted by Crippen LogP contribution is 2.34. The van der Waals surface area contributed by atoms with Gasteiger partial charge in [0.1, 0.15) is 12.1 Å². The summed E-state index contributed by atoms with van der Waals surface area (Å²) >= 11 is 0. The van der Waals surface area contributed by atoms with Crippen LogP contribution in [0.4, 0.5) is 5.82 Å². The average Bonchev–Trinajstić information content (AvgIpc) is 2.52. The van der Waals surface area contributed by atoms with Crippen LogP contribution in [0, 0.1) is 6.92 Å². The predicted octanol–water partition coefficient (Wildman–Crippen LogP) is 1.74. The number of ether oxygens (including phenoxy) is 2. The lowest BCUT2D eigenvalue weighted by atomic mass is 10.1. The molecule has 6 nitrogen and oxygen atoms in total. The molecule has 1 atom stereocenters. The Labute approximate surface area is 128 Å². The molecule has 114 valence electrons. The van der Waals surface area contributed by atoms with Crippen molar-refractivity contribution < 1.29 is 14.3 Å². The molecule has 0 unspecified atom stereocenters. The van der Waals surface area contributed by atoms with E-state index in [1.54, 1.807) is 6.92 Å². The van der Waals surface area contributed by atoms with Crippen molar-refractivity contribution in [2.24, 2.45) is 0 Å². The number of aromatic nitrogens is 2. The van der Waals surface area contributed by atoms with Gasteiger partial charge in [0.2, 0.25) is 0 Å². The molecular formula is C16H17N3O3. The summed E-state index contributed by atoms with van der Waals surface area (Å²) < 4.78 is 11.3. The monoisotopic (exact) mass is 299 g/mol. The molecule has 1 fully saturated rings. The summed E-state index contributed by atoms with van der Waals surface area (Å²) in [4.78, 5) is 23.4. The van der Waals surface area contributed by atoms with Gasteiger partial charge in [-0.05, 0) is 31.5 Å². The molecule has 0 spiro atoms. The van der Waals surface area contributed by atoms with Crippen molar-refractivity contribution in [2.45, 2.75) is 19.9 Å². The maximum atomic E-state index is 11.9. The summed E-state index contributed by atoms with van der Waals surface area (Å²) in [5.41, 5.74) is 2.95. The Bertz CT molecular complexity index is 775. The number of aryl methyl sites for hydroxylation is 1. The van der Waals surface area contributed by atoms with Crippen molar-refractivity contribution >= 4 is 22.6 Å². The lowest BCUT2D eigenvalue weighted by Gasteiger charge is -2.39. The van der Waals surface area contributed by atoms with E-state index < -0.39 is 0 Å². The average molecular weight is 299 g/mol. The van der Waals surface area contributed by atoms with Crippen molar-refractivity contribution in [1.82, 2.24) is 9.97 Å². The summed E-state index contributed by atoms with van der Waals surface area (Å²) in [5.74, 6) is 1.27. The van der Waals surface area contributed by atoms with Gasteiger partial charge < -0.3 is 14.4 Å². The van der Waals surface area contributed by atoms with Crippen LogP contribution >= 0.6 is 0 Å². The van der Waals surface area contributed by atoms with Gasteiger partial charge >= 0.3 is 0 Å². The molecule has 0 bridgehead atoms. The Balaban J connectivity index is 1.94. The lowest BCUT2D eigenvalue weighted by molar-refractivity contribution is 0.0686. The highest BCUT2D eigenvalue weighted by molar-refractivity contribution is 6.05. The number of fused-ring (bicyclic) bond motifs is 4. The first-order chi connectivity index (χ1) is 10.6. The molecular weight excluding hydrogens is 282 g/mol. The molecule has 4 rings (SSSR count). The third kappa shape index (κ3) is 2.02. The summed E-state index contributed by atoms with van der Waals surface area (Å²) in [5, 5.41) is 0. The Kier molecular flexibility index (Phi) is 3.00. The molecule has 0 saturated carbocycles. The maximum absolute atomic E-state index is 11.9. The molecule has 2 aliphatic heterocycles. The van der Waals surface area contributed by atoms with Crippen molar-refractivity contribution in [3.63, 3.8) is 0 Å². The van der Waals surface area contributed by atoms with Gasteiger partial charge in [0.05, 0.1) is 24.8 Å². The van der Waals surface area contributed by atoms with Crippen LogP contribution in [0.1, 0.15) is 22.8 Å². The molecule has 0 N–H and O–H groups in total. The second-order valence-corrected chi connectivity index (χ2v) is 5.82. The Hall–Kier alpha value is -2.21. The summed E-state index contributed by atoms with van der Waals surface area (Å²) in [6, 6.07) is 3.97. The molecule has 22 heavy (non-hydrogen) atoms. The maximum Gasteiger partial charge on any atom is 0.258 e. The van der Waals surface area contributed by atoms with E-state index in [0.717, 1.165) is 17.9 Å². The number of nitrogens with zero attached hydrogens (tertiary/aromatic N) is 3. The number of rotatable bonds is 1. The van der Waals surface area contributed by atoms with Gasteiger partial charge in [-0.2, -0.15) is 0 Å². The van der Waals surface area contributed by atoms with Gasteiger partial charge in [-0.3, -0.25) is 4.79 Å². The highest BCUT2D eigenvalue weighted by Gasteiger charge is 2.33. The van der Waals surface area contributed by atoms with Crippen molar-refractivity contribution in [3.05, 3.63) is 23.3 Å². The Morgan fingerprint density at radius 1 is 1.32 bits per heavy atom. The van der Waals surface area contributed by atoms with E-state index in [2.05, 4.69) is 9.88 Å². The third-order valence-electron chi connectivity index (χ3n) is 4.16. The van der Waals surface area contributed by atoms with Gasteiger partial charge in [-0.25, -0.2) is 9.97 Å². The third-order valence-corrected chi connectivity index (χ3v) is 4.16. The minimum absolute atomic E-state index is 0.00166. The van der Waals surface area contributed by atoms with Gasteiger partial charge in [0.15, 0.2) is 11.6 Å². The molecule has 0 aliphatic carbocycles. The van der Waals surface area contributed by atoms with E-state index in [1.807, 2.05) is 19.1 Å². The predicted molar refractivity (Wildman–Crippen MR) is 81.7 cm³/mol. The zero-order chi connectivity index (χ0) is 15.3. The number of carbonyl (C=O) groups is 1. The fourth-order valence-electron chi connectivity index (χ4n) is 3.07. The van der Waals surface area contributed by atoms with Gasteiger partial charge in [0, 0.05) is 12.1 Å². The molecule has 3 heterocycles. The van der Waals surface area contributed by atoms with Crippen LogP contribution in [0.15, 0.2) is 12.1 Å². The van der Waals surface area contributed by atoms with E-state index in [9.17, 15) is 4.79 Å². The smallest absolute Gasteiger partial charge is 0.258 e. The SMILES string of the molecule is CC(=O)c1cc(C)cc2nc3c(nc12)N1CCOC[C@H]1CO3. The fraction of sp³-hybridized carbons (Fsp3) is 0.438. The first-order valence-corrected chi connectivity index (χ1v) is 7.44.